The smallest absolute Gasteiger partial charge is 0.307 e. The third-order valence-electron chi connectivity index (χ3n) is 3.74. The highest BCUT2D eigenvalue weighted by molar-refractivity contribution is 5.85. The maximum absolute atomic E-state index is 13.4. The molecule has 1 amide bonds. The number of carboxylic acid groups (broad SMARTS) is 1. The molecule has 0 heterocycles. The Kier molecular flexibility index (Phi) is 5.09. The highest BCUT2D eigenvalue weighted by atomic mass is 19.1. The second-order valence-electron chi connectivity index (χ2n) is 5.13. The number of carbonyl (C=O) groups is 2. The Balaban J connectivity index is 1.88. The quantitative estimate of drug-likeness (QED) is 0.817. The number of allylic oxidation sites excluding steroid dienone is 2. The molecule has 4 nitrogen and oxygen atoms in total. The number of aliphatic carboxylic acids is 1. The maximum Gasteiger partial charge on any atom is 0.307 e. The van der Waals surface area contributed by atoms with E-state index in [1.165, 1.54) is 6.07 Å². The summed E-state index contributed by atoms with van der Waals surface area (Å²) in [7, 11) is 0. The Bertz CT molecular complexity index is 556. The van der Waals surface area contributed by atoms with E-state index in [2.05, 4.69) is 5.32 Å². The number of halogens is 1. The Morgan fingerprint density at radius 1 is 1.19 bits per heavy atom. The van der Waals surface area contributed by atoms with E-state index in [0.717, 1.165) is 0 Å². The molecular formula is C16H18FNO3. The number of rotatable bonds is 5. The van der Waals surface area contributed by atoms with Crippen LogP contribution < -0.4 is 5.32 Å². The van der Waals surface area contributed by atoms with Crippen LogP contribution in [0, 0.1) is 17.7 Å². The van der Waals surface area contributed by atoms with E-state index >= 15 is 0 Å². The van der Waals surface area contributed by atoms with Crippen molar-refractivity contribution in [1.82, 2.24) is 5.32 Å². The molecule has 1 aliphatic rings. The van der Waals surface area contributed by atoms with Gasteiger partial charge in [-0.15, -0.1) is 0 Å². The van der Waals surface area contributed by atoms with Crippen molar-refractivity contribution in [2.75, 3.05) is 6.54 Å². The lowest BCUT2D eigenvalue weighted by atomic mass is 9.82. The predicted molar refractivity (Wildman–Crippen MR) is 76.1 cm³/mol. The zero-order chi connectivity index (χ0) is 15.2. The van der Waals surface area contributed by atoms with Gasteiger partial charge in [0.25, 0.3) is 0 Å². The van der Waals surface area contributed by atoms with Gasteiger partial charge in [-0.2, -0.15) is 0 Å². The third-order valence-corrected chi connectivity index (χ3v) is 3.74. The second kappa shape index (κ2) is 7.02. The van der Waals surface area contributed by atoms with E-state index in [1.807, 2.05) is 6.08 Å². The third kappa shape index (κ3) is 3.90. The van der Waals surface area contributed by atoms with Crippen LogP contribution in [0.25, 0.3) is 0 Å². The van der Waals surface area contributed by atoms with Gasteiger partial charge in [-0.05, 0) is 30.9 Å². The number of benzene rings is 1. The molecule has 1 aromatic carbocycles. The highest BCUT2D eigenvalue weighted by Crippen LogP contribution is 2.25. The fraction of sp³-hybridized carbons (Fsp3) is 0.375. The molecule has 112 valence electrons. The van der Waals surface area contributed by atoms with Crippen LogP contribution in [0.5, 0.6) is 0 Å². The highest BCUT2D eigenvalue weighted by Gasteiger charge is 2.33. The minimum atomic E-state index is -0.950. The Morgan fingerprint density at radius 3 is 2.52 bits per heavy atom. The van der Waals surface area contributed by atoms with Gasteiger partial charge in [0, 0.05) is 6.54 Å². The van der Waals surface area contributed by atoms with Gasteiger partial charge in [-0.1, -0.05) is 30.4 Å². The number of hydrogen-bond donors (Lipinski definition) is 2. The first kappa shape index (κ1) is 15.2. The van der Waals surface area contributed by atoms with Crippen molar-refractivity contribution in [2.45, 2.75) is 19.3 Å². The summed E-state index contributed by atoms with van der Waals surface area (Å²) in [5, 5.41) is 11.8. The fourth-order valence-electron chi connectivity index (χ4n) is 2.53. The number of carbonyl (C=O) groups excluding carboxylic acids is 1. The molecule has 0 saturated heterocycles. The standard InChI is InChI=1S/C16H18FNO3/c17-14-8-4-1-5-11(14)9-10-18-15(19)12-6-2-3-7-13(12)16(20)21/h1-5,8,12-13H,6-7,9-10H2,(H,18,19)(H,20,21)/t12-,13+/m1/s1. The molecule has 0 fully saturated rings. The Morgan fingerprint density at radius 2 is 1.86 bits per heavy atom. The Labute approximate surface area is 122 Å². The first-order valence-corrected chi connectivity index (χ1v) is 6.98. The molecule has 2 rings (SSSR count). The van der Waals surface area contributed by atoms with Crippen LogP contribution in [0.3, 0.4) is 0 Å². The number of carboxylic acids is 1. The molecule has 21 heavy (non-hydrogen) atoms. The lowest BCUT2D eigenvalue weighted by Gasteiger charge is -2.24. The summed E-state index contributed by atoms with van der Waals surface area (Å²) < 4.78 is 13.4. The van der Waals surface area contributed by atoms with Crippen molar-refractivity contribution in [3.63, 3.8) is 0 Å². The van der Waals surface area contributed by atoms with Crippen molar-refractivity contribution in [3.05, 3.63) is 47.8 Å². The minimum Gasteiger partial charge on any atom is -0.481 e. The largest absolute Gasteiger partial charge is 0.481 e. The van der Waals surface area contributed by atoms with E-state index in [9.17, 15) is 14.0 Å². The average Bonchev–Trinajstić information content (AvgIpc) is 2.49. The molecule has 0 radical (unpaired) electrons. The summed E-state index contributed by atoms with van der Waals surface area (Å²) in [6.45, 7) is 0.298. The zero-order valence-corrected chi connectivity index (χ0v) is 11.6. The molecule has 0 aromatic heterocycles. The van der Waals surface area contributed by atoms with Gasteiger partial charge in [0.1, 0.15) is 5.82 Å². The van der Waals surface area contributed by atoms with Gasteiger partial charge in [-0.25, -0.2) is 4.39 Å². The van der Waals surface area contributed by atoms with Crippen LogP contribution in [-0.4, -0.2) is 23.5 Å². The van der Waals surface area contributed by atoms with Crippen LogP contribution in [0.4, 0.5) is 4.39 Å². The van der Waals surface area contributed by atoms with Gasteiger partial charge in [0.05, 0.1) is 11.8 Å². The monoisotopic (exact) mass is 291 g/mol. The van der Waals surface area contributed by atoms with Crippen LogP contribution >= 0.6 is 0 Å². The second-order valence-corrected chi connectivity index (χ2v) is 5.13. The van der Waals surface area contributed by atoms with E-state index in [1.54, 1.807) is 24.3 Å². The molecule has 5 heteroatoms. The number of hydrogen-bond acceptors (Lipinski definition) is 2. The topological polar surface area (TPSA) is 66.4 Å². The van der Waals surface area contributed by atoms with Crippen molar-refractivity contribution in [1.29, 1.82) is 0 Å². The van der Waals surface area contributed by atoms with Gasteiger partial charge in [0.2, 0.25) is 5.91 Å². The maximum atomic E-state index is 13.4. The van der Waals surface area contributed by atoms with Gasteiger partial charge in [0.15, 0.2) is 0 Å². The normalized spacial score (nSPS) is 21.0. The van der Waals surface area contributed by atoms with E-state index in [-0.39, 0.29) is 11.7 Å². The van der Waals surface area contributed by atoms with Crippen LogP contribution in [0.15, 0.2) is 36.4 Å². The molecule has 0 aliphatic heterocycles. The summed E-state index contributed by atoms with van der Waals surface area (Å²) in [5.41, 5.74) is 0.538. The lowest BCUT2D eigenvalue weighted by molar-refractivity contribution is -0.147. The van der Waals surface area contributed by atoms with Gasteiger partial charge in [-0.3, -0.25) is 9.59 Å². The van der Waals surface area contributed by atoms with Crippen molar-refractivity contribution < 1.29 is 19.1 Å². The molecule has 2 atom stereocenters. The molecule has 2 N–H and O–H groups in total. The SMILES string of the molecule is O=C(O)[C@H]1CC=CC[C@H]1C(=O)NCCc1ccccc1F. The molecule has 0 spiro atoms. The summed E-state index contributed by atoms with van der Waals surface area (Å²) in [6.07, 6.45) is 4.82. The van der Waals surface area contributed by atoms with E-state index in [4.69, 9.17) is 5.11 Å². The molecule has 1 aromatic rings. The number of amides is 1. The van der Waals surface area contributed by atoms with E-state index in [0.29, 0.717) is 31.4 Å². The van der Waals surface area contributed by atoms with Gasteiger partial charge >= 0.3 is 5.97 Å². The van der Waals surface area contributed by atoms with E-state index < -0.39 is 17.8 Å². The summed E-state index contributed by atoms with van der Waals surface area (Å²) in [4.78, 5) is 23.2. The lowest BCUT2D eigenvalue weighted by Crippen LogP contribution is -2.39. The predicted octanol–water partition coefficient (Wildman–Crippen LogP) is 2.15. The first-order valence-electron chi connectivity index (χ1n) is 6.98. The van der Waals surface area contributed by atoms with Crippen LogP contribution in [-0.2, 0) is 16.0 Å². The minimum absolute atomic E-state index is 0.275. The van der Waals surface area contributed by atoms with Crippen molar-refractivity contribution in [3.8, 4) is 0 Å². The molecule has 1 aliphatic carbocycles. The van der Waals surface area contributed by atoms with Crippen LogP contribution in [0.2, 0.25) is 0 Å². The molecule has 0 saturated carbocycles. The summed E-state index contributed by atoms with van der Waals surface area (Å²) in [5.74, 6) is -2.75. The molecular weight excluding hydrogens is 273 g/mol. The van der Waals surface area contributed by atoms with Crippen molar-refractivity contribution >= 4 is 11.9 Å². The molecule has 0 bridgehead atoms. The van der Waals surface area contributed by atoms with Crippen LogP contribution in [0.1, 0.15) is 18.4 Å². The average molecular weight is 291 g/mol. The molecule has 0 unspecified atom stereocenters. The summed E-state index contributed by atoms with van der Waals surface area (Å²) >= 11 is 0. The van der Waals surface area contributed by atoms with Crippen molar-refractivity contribution in [2.24, 2.45) is 11.8 Å². The first-order chi connectivity index (χ1) is 10.1. The fourth-order valence-corrected chi connectivity index (χ4v) is 2.53. The zero-order valence-electron chi connectivity index (χ0n) is 11.6. The Hall–Kier alpha value is -2.17. The van der Waals surface area contributed by atoms with Gasteiger partial charge < -0.3 is 10.4 Å². The summed E-state index contributed by atoms with van der Waals surface area (Å²) in [6, 6.07) is 6.41. The number of nitrogens with one attached hydrogen (secondary N) is 1.